The van der Waals surface area contributed by atoms with E-state index in [9.17, 15) is 10.1 Å². The average Bonchev–Trinajstić information content (AvgIpc) is 3.17. The van der Waals surface area contributed by atoms with Gasteiger partial charge in [-0.3, -0.25) is 10.1 Å². The predicted octanol–water partition coefficient (Wildman–Crippen LogP) is 3.87. The third kappa shape index (κ3) is 3.12. The Bertz CT molecular complexity index is 981. The highest BCUT2D eigenvalue weighted by atomic mass is 16.6. The van der Waals surface area contributed by atoms with Gasteiger partial charge in [-0.05, 0) is 47.8 Å². The lowest BCUT2D eigenvalue weighted by molar-refractivity contribution is -0.382. The fourth-order valence-corrected chi connectivity index (χ4v) is 3.46. The molecule has 1 aliphatic rings. The number of benzene rings is 2. The molecule has 1 N–H and O–H groups in total. The van der Waals surface area contributed by atoms with Crippen LogP contribution in [0.1, 0.15) is 19.3 Å². The van der Waals surface area contributed by atoms with E-state index in [0.717, 1.165) is 31.6 Å². The van der Waals surface area contributed by atoms with Crippen molar-refractivity contribution in [3.8, 4) is 5.75 Å². The molecular formula is C18H19N5O4. The van der Waals surface area contributed by atoms with E-state index in [-0.39, 0.29) is 11.2 Å². The van der Waals surface area contributed by atoms with Crippen LogP contribution in [0.3, 0.4) is 0 Å². The number of fused-ring (bicyclic) bond motifs is 1. The summed E-state index contributed by atoms with van der Waals surface area (Å²) in [6.07, 6.45) is 3.31. The molecule has 9 heteroatoms. The van der Waals surface area contributed by atoms with Crippen LogP contribution in [-0.4, -0.2) is 35.4 Å². The van der Waals surface area contributed by atoms with Gasteiger partial charge in [0.05, 0.1) is 23.4 Å². The minimum atomic E-state index is -0.468. The first-order chi connectivity index (χ1) is 13.2. The zero-order chi connectivity index (χ0) is 18.8. The van der Waals surface area contributed by atoms with Crippen molar-refractivity contribution in [1.29, 1.82) is 0 Å². The van der Waals surface area contributed by atoms with Crippen LogP contribution in [0, 0.1) is 10.1 Å². The molecule has 0 amide bonds. The summed E-state index contributed by atoms with van der Waals surface area (Å²) in [5.74, 6) is 0.588. The molecule has 0 aliphatic carbocycles. The molecule has 4 rings (SSSR count). The Labute approximate surface area is 155 Å². The van der Waals surface area contributed by atoms with Crippen molar-refractivity contribution in [1.82, 2.24) is 10.3 Å². The Balaban J connectivity index is 1.87. The van der Waals surface area contributed by atoms with Gasteiger partial charge in [0.2, 0.25) is 5.52 Å². The summed E-state index contributed by atoms with van der Waals surface area (Å²) in [6.45, 7) is 1.74. The van der Waals surface area contributed by atoms with E-state index < -0.39 is 4.92 Å². The van der Waals surface area contributed by atoms with Crippen LogP contribution in [0.2, 0.25) is 0 Å². The maximum Gasteiger partial charge on any atom is 0.324 e. The Morgan fingerprint density at radius 2 is 1.89 bits per heavy atom. The number of hydrogen-bond donors (Lipinski definition) is 1. The molecule has 27 heavy (non-hydrogen) atoms. The molecule has 1 aliphatic heterocycles. The number of nitrogens with zero attached hydrogens (tertiary/aromatic N) is 4. The lowest BCUT2D eigenvalue weighted by atomic mass is 10.1. The normalized spacial score (nSPS) is 14.3. The maximum absolute atomic E-state index is 11.8. The third-order valence-electron chi connectivity index (χ3n) is 4.75. The van der Waals surface area contributed by atoms with Crippen molar-refractivity contribution >= 4 is 33.8 Å². The molecule has 0 atom stereocenters. The average molecular weight is 369 g/mol. The fraction of sp³-hybridized carbons (Fsp3) is 0.333. The number of hydrogen-bond acceptors (Lipinski definition) is 8. The van der Waals surface area contributed by atoms with Crippen molar-refractivity contribution in [2.75, 3.05) is 30.4 Å². The number of anilines is 3. The molecule has 0 saturated carbocycles. The van der Waals surface area contributed by atoms with Gasteiger partial charge in [-0.15, -0.1) is 0 Å². The minimum absolute atomic E-state index is 0.139. The van der Waals surface area contributed by atoms with Gasteiger partial charge >= 0.3 is 5.69 Å². The summed E-state index contributed by atoms with van der Waals surface area (Å²) in [5.41, 5.74) is 2.12. The summed E-state index contributed by atoms with van der Waals surface area (Å²) in [6, 6.07) is 9.01. The molecule has 2 aromatic carbocycles. The molecule has 9 nitrogen and oxygen atoms in total. The quantitative estimate of drug-likeness (QED) is 0.533. The molecular weight excluding hydrogens is 350 g/mol. The number of aromatic nitrogens is 2. The summed E-state index contributed by atoms with van der Waals surface area (Å²) < 4.78 is 10.2. The lowest BCUT2D eigenvalue weighted by Crippen LogP contribution is -2.29. The van der Waals surface area contributed by atoms with Crippen LogP contribution in [0.5, 0.6) is 5.75 Å². The van der Waals surface area contributed by atoms with Crippen molar-refractivity contribution < 1.29 is 14.3 Å². The molecule has 0 bridgehead atoms. The molecule has 0 spiro atoms. The number of nitro benzene ring substituents is 1. The number of nitro groups is 1. The van der Waals surface area contributed by atoms with Gasteiger partial charge in [-0.25, -0.2) is 4.63 Å². The number of ether oxygens (including phenoxy) is 1. The highest BCUT2D eigenvalue weighted by molar-refractivity contribution is 6.00. The topological polar surface area (TPSA) is 107 Å². The van der Waals surface area contributed by atoms with Crippen LogP contribution >= 0.6 is 0 Å². The first-order valence-electron chi connectivity index (χ1n) is 8.77. The van der Waals surface area contributed by atoms with Crippen LogP contribution in [-0.2, 0) is 0 Å². The standard InChI is InChI=1S/C18H19N5O4/c1-26-15-8-4-3-7-12(15)19-13-11-14(22-9-5-2-6-10-22)16-17(21-27-20-16)18(13)23(24)25/h3-4,7-8,11,19H,2,5-6,9-10H2,1H3. The molecule has 2 heterocycles. The van der Waals surface area contributed by atoms with E-state index in [0.29, 0.717) is 22.6 Å². The van der Waals surface area contributed by atoms with Gasteiger partial charge < -0.3 is 15.0 Å². The van der Waals surface area contributed by atoms with Crippen molar-refractivity contribution in [2.45, 2.75) is 19.3 Å². The van der Waals surface area contributed by atoms with Gasteiger partial charge in [0.25, 0.3) is 0 Å². The Kier molecular flexibility index (Phi) is 4.49. The van der Waals surface area contributed by atoms with Crippen molar-refractivity contribution in [2.24, 2.45) is 0 Å². The van der Waals surface area contributed by atoms with Gasteiger partial charge in [-0.1, -0.05) is 12.1 Å². The molecule has 3 aromatic rings. The van der Waals surface area contributed by atoms with E-state index in [1.54, 1.807) is 25.3 Å². The predicted molar refractivity (Wildman–Crippen MR) is 101 cm³/mol. The monoisotopic (exact) mass is 369 g/mol. The number of nitrogens with one attached hydrogen (secondary N) is 1. The van der Waals surface area contributed by atoms with E-state index in [1.807, 2.05) is 12.1 Å². The molecule has 0 unspecified atom stereocenters. The second-order valence-electron chi connectivity index (χ2n) is 6.38. The minimum Gasteiger partial charge on any atom is -0.495 e. The van der Waals surface area contributed by atoms with E-state index in [2.05, 4.69) is 20.5 Å². The molecule has 1 aromatic heterocycles. The summed E-state index contributed by atoms with van der Waals surface area (Å²) in [4.78, 5) is 13.5. The number of methoxy groups -OCH3 is 1. The van der Waals surface area contributed by atoms with Gasteiger partial charge in [0.1, 0.15) is 11.4 Å². The lowest BCUT2D eigenvalue weighted by Gasteiger charge is -2.29. The zero-order valence-corrected chi connectivity index (χ0v) is 14.8. The second-order valence-corrected chi connectivity index (χ2v) is 6.38. The van der Waals surface area contributed by atoms with Crippen LogP contribution < -0.4 is 15.0 Å². The number of piperidine rings is 1. The van der Waals surface area contributed by atoms with Gasteiger partial charge in [0.15, 0.2) is 5.52 Å². The SMILES string of the molecule is COc1ccccc1Nc1cc(N2CCCCC2)c2nonc2c1[N+](=O)[O-]. The van der Waals surface area contributed by atoms with Crippen LogP contribution in [0.25, 0.3) is 11.0 Å². The Morgan fingerprint density at radius 1 is 1.15 bits per heavy atom. The van der Waals surface area contributed by atoms with Gasteiger partial charge in [-0.2, -0.15) is 0 Å². The van der Waals surface area contributed by atoms with E-state index >= 15 is 0 Å². The highest BCUT2D eigenvalue weighted by Gasteiger charge is 2.28. The van der Waals surface area contributed by atoms with Gasteiger partial charge in [0, 0.05) is 13.1 Å². The van der Waals surface area contributed by atoms with Crippen molar-refractivity contribution in [3.05, 3.63) is 40.4 Å². The second kappa shape index (κ2) is 7.10. The summed E-state index contributed by atoms with van der Waals surface area (Å²) in [7, 11) is 1.55. The van der Waals surface area contributed by atoms with E-state index in [4.69, 9.17) is 9.37 Å². The number of para-hydroxylation sites is 2. The van der Waals surface area contributed by atoms with Crippen molar-refractivity contribution in [3.63, 3.8) is 0 Å². The largest absolute Gasteiger partial charge is 0.495 e. The smallest absolute Gasteiger partial charge is 0.324 e. The number of rotatable bonds is 5. The highest BCUT2D eigenvalue weighted by Crippen LogP contribution is 2.41. The van der Waals surface area contributed by atoms with E-state index in [1.165, 1.54) is 6.42 Å². The third-order valence-corrected chi connectivity index (χ3v) is 4.75. The summed E-state index contributed by atoms with van der Waals surface area (Å²) >= 11 is 0. The molecule has 0 radical (unpaired) electrons. The first-order valence-corrected chi connectivity index (χ1v) is 8.77. The first kappa shape index (κ1) is 17.1. The maximum atomic E-state index is 11.8. The Hall–Kier alpha value is -3.36. The zero-order valence-electron chi connectivity index (χ0n) is 14.8. The summed E-state index contributed by atoms with van der Waals surface area (Å²) in [5, 5.41) is 22.7. The molecule has 1 saturated heterocycles. The van der Waals surface area contributed by atoms with Crippen LogP contribution in [0.4, 0.5) is 22.7 Å². The molecule has 1 fully saturated rings. The fourth-order valence-electron chi connectivity index (χ4n) is 3.46. The van der Waals surface area contributed by atoms with Crippen LogP contribution in [0.15, 0.2) is 35.0 Å². The molecule has 140 valence electrons. The Morgan fingerprint density at radius 3 is 2.63 bits per heavy atom.